The van der Waals surface area contributed by atoms with E-state index < -0.39 is 11.9 Å². The highest BCUT2D eigenvalue weighted by molar-refractivity contribution is 9.11. The van der Waals surface area contributed by atoms with Crippen molar-refractivity contribution in [1.82, 2.24) is 0 Å². The Morgan fingerprint density at radius 3 is 1.67 bits per heavy atom. The third-order valence-electron chi connectivity index (χ3n) is 1.91. The minimum Gasteiger partial charge on any atom is -0.478 e. The van der Waals surface area contributed by atoms with E-state index in [0.29, 0.717) is 8.95 Å². The Morgan fingerprint density at radius 2 is 1.40 bits per heavy atom. The van der Waals surface area contributed by atoms with Gasteiger partial charge in [0.15, 0.2) is 0 Å². The zero-order chi connectivity index (χ0) is 11.7. The van der Waals surface area contributed by atoms with Crippen LogP contribution in [0.2, 0.25) is 0 Å². The fourth-order valence-electron chi connectivity index (χ4n) is 1.26. The van der Waals surface area contributed by atoms with E-state index in [1.54, 1.807) is 0 Å². The van der Waals surface area contributed by atoms with Crippen LogP contribution in [0, 0.1) is 6.92 Å². The van der Waals surface area contributed by atoms with E-state index in [1.165, 1.54) is 13.0 Å². The topological polar surface area (TPSA) is 74.6 Å². The second-order valence-corrected chi connectivity index (χ2v) is 4.53. The van der Waals surface area contributed by atoms with Gasteiger partial charge in [0.1, 0.15) is 0 Å². The Balaban J connectivity index is 3.64. The molecule has 2 N–H and O–H groups in total. The number of aromatic carboxylic acids is 2. The zero-order valence-corrected chi connectivity index (χ0v) is 10.7. The minimum absolute atomic E-state index is 0.0319. The molecule has 1 aromatic rings. The van der Waals surface area contributed by atoms with Crippen LogP contribution in [-0.4, -0.2) is 22.2 Å². The van der Waals surface area contributed by atoms with Gasteiger partial charge in [-0.15, -0.1) is 0 Å². The lowest BCUT2D eigenvalue weighted by Crippen LogP contribution is -2.09. The summed E-state index contributed by atoms with van der Waals surface area (Å²) in [5, 5.41) is 17.8. The smallest absolute Gasteiger partial charge is 0.337 e. The van der Waals surface area contributed by atoms with Crippen molar-refractivity contribution in [3.63, 3.8) is 0 Å². The van der Waals surface area contributed by atoms with Crippen LogP contribution >= 0.6 is 31.9 Å². The quantitative estimate of drug-likeness (QED) is 0.870. The molecule has 0 bridgehead atoms. The second kappa shape index (κ2) is 4.32. The van der Waals surface area contributed by atoms with Gasteiger partial charge in [-0.3, -0.25) is 0 Å². The fraction of sp³-hybridized carbons (Fsp3) is 0.111. The van der Waals surface area contributed by atoms with Crippen molar-refractivity contribution in [3.05, 3.63) is 31.7 Å². The van der Waals surface area contributed by atoms with Crippen LogP contribution in [0.3, 0.4) is 0 Å². The van der Waals surface area contributed by atoms with Crippen molar-refractivity contribution in [3.8, 4) is 0 Å². The molecule has 0 atom stereocenters. The van der Waals surface area contributed by atoms with Crippen molar-refractivity contribution < 1.29 is 19.8 Å². The molecule has 0 unspecified atom stereocenters. The number of benzene rings is 1. The average molecular weight is 338 g/mol. The monoisotopic (exact) mass is 336 g/mol. The number of hydrogen-bond donors (Lipinski definition) is 2. The van der Waals surface area contributed by atoms with Gasteiger partial charge >= 0.3 is 11.9 Å². The number of carbonyl (C=O) groups is 2. The van der Waals surface area contributed by atoms with E-state index in [-0.39, 0.29) is 16.7 Å². The largest absolute Gasteiger partial charge is 0.478 e. The van der Waals surface area contributed by atoms with E-state index >= 15 is 0 Å². The molecular formula is C9H6Br2O4. The minimum atomic E-state index is -1.16. The Bertz CT molecular complexity index is 416. The number of carboxylic acid groups (broad SMARTS) is 2. The molecule has 0 fully saturated rings. The van der Waals surface area contributed by atoms with Crippen LogP contribution in [0.15, 0.2) is 15.0 Å². The van der Waals surface area contributed by atoms with Crippen LogP contribution in [0.1, 0.15) is 26.3 Å². The summed E-state index contributed by atoms with van der Waals surface area (Å²) in [7, 11) is 0. The predicted molar refractivity (Wildman–Crippen MR) is 60.5 cm³/mol. The number of carboxylic acids is 2. The molecule has 0 spiro atoms. The fourth-order valence-corrected chi connectivity index (χ4v) is 2.96. The summed E-state index contributed by atoms with van der Waals surface area (Å²) in [4.78, 5) is 21.8. The maximum absolute atomic E-state index is 10.9. The first kappa shape index (κ1) is 12.2. The first-order chi connectivity index (χ1) is 6.86. The second-order valence-electron chi connectivity index (χ2n) is 2.83. The zero-order valence-electron chi connectivity index (χ0n) is 7.54. The number of halogens is 2. The van der Waals surface area contributed by atoms with Crippen LogP contribution in [0.5, 0.6) is 0 Å². The van der Waals surface area contributed by atoms with Gasteiger partial charge in [-0.2, -0.15) is 0 Å². The van der Waals surface area contributed by atoms with Crippen LogP contribution in [-0.2, 0) is 0 Å². The number of rotatable bonds is 2. The highest BCUT2D eigenvalue weighted by Gasteiger charge is 2.21. The first-order valence-electron chi connectivity index (χ1n) is 3.81. The van der Waals surface area contributed by atoms with Crippen LogP contribution in [0.4, 0.5) is 0 Å². The van der Waals surface area contributed by atoms with Crippen molar-refractivity contribution in [1.29, 1.82) is 0 Å². The van der Waals surface area contributed by atoms with E-state index in [4.69, 9.17) is 10.2 Å². The molecule has 1 aromatic carbocycles. The van der Waals surface area contributed by atoms with Crippen molar-refractivity contribution >= 4 is 43.8 Å². The van der Waals surface area contributed by atoms with Gasteiger partial charge in [0.25, 0.3) is 0 Å². The van der Waals surface area contributed by atoms with Crippen molar-refractivity contribution in [2.24, 2.45) is 0 Å². The van der Waals surface area contributed by atoms with Crippen LogP contribution in [0.25, 0.3) is 0 Å². The molecule has 0 saturated carbocycles. The molecule has 80 valence electrons. The highest BCUT2D eigenvalue weighted by atomic mass is 79.9. The number of hydrogen-bond acceptors (Lipinski definition) is 2. The maximum Gasteiger partial charge on any atom is 0.337 e. The molecule has 4 nitrogen and oxygen atoms in total. The molecule has 0 radical (unpaired) electrons. The molecule has 6 heteroatoms. The van der Waals surface area contributed by atoms with Gasteiger partial charge in [0, 0.05) is 8.95 Å². The van der Waals surface area contributed by atoms with Crippen molar-refractivity contribution in [2.45, 2.75) is 6.92 Å². The van der Waals surface area contributed by atoms with Crippen molar-refractivity contribution in [2.75, 3.05) is 0 Å². The SMILES string of the molecule is Cc1c(C(=O)O)c(Br)cc(Br)c1C(=O)O. The summed E-state index contributed by atoms with van der Waals surface area (Å²) in [6.07, 6.45) is 0. The molecule has 0 aliphatic rings. The first-order valence-corrected chi connectivity index (χ1v) is 5.40. The molecule has 1 rings (SSSR count). The predicted octanol–water partition coefficient (Wildman–Crippen LogP) is 2.92. The van der Waals surface area contributed by atoms with Gasteiger partial charge in [0.2, 0.25) is 0 Å². The molecule has 0 aliphatic carbocycles. The summed E-state index contributed by atoms with van der Waals surface area (Å²) in [5.74, 6) is -2.32. The van der Waals surface area contributed by atoms with Gasteiger partial charge in [-0.1, -0.05) is 0 Å². The lowest BCUT2D eigenvalue weighted by atomic mass is 10.0. The summed E-state index contributed by atoms with van der Waals surface area (Å²) >= 11 is 6.16. The summed E-state index contributed by atoms with van der Waals surface area (Å²) < 4.78 is 0.703. The van der Waals surface area contributed by atoms with E-state index in [9.17, 15) is 9.59 Å². The average Bonchev–Trinajstić information content (AvgIpc) is 1.99. The molecule has 15 heavy (non-hydrogen) atoms. The van der Waals surface area contributed by atoms with Gasteiger partial charge in [0.05, 0.1) is 11.1 Å². The molecule has 0 heterocycles. The molecular weight excluding hydrogens is 332 g/mol. The van der Waals surface area contributed by atoms with Gasteiger partial charge in [-0.05, 0) is 50.4 Å². The van der Waals surface area contributed by atoms with Gasteiger partial charge < -0.3 is 10.2 Å². The Labute approximate surface area is 102 Å². The summed E-state index contributed by atoms with van der Waals surface area (Å²) in [6.45, 7) is 1.46. The lowest BCUT2D eigenvalue weighted by Gasteiger charge is -2.09. The Hall–Kier alpha value is -0.880. The third kappa shape index (κ3) is 2.21. The third-order valence-corrected chi connectivity index (χ3v) is 3.16. The summed E-state index contributed by atoms with van der Waals surface area (Å²) in [5.41, 5.74) is 0.155. The lowest BCUT2D eigenvalue weighted by molar-refractivity contribution is 0.0695. The highest BCUT2D eigenvalue weighted by Crippen LogP contribution is 2.30. The summed E-state index contributed by atoms with van der Waals surface area (Å²) in [6, 6.07) is 1.42. The maximum atomic E-state index is 10.9. The normalized spacial score (nSPS) is 10.1. The van der Waals surface area contributed by atoms with E-state index in [0.717, 1.165) is 0 Å². The van der Waals surface area contributed by atoms with E-state index in [2.05, 4.69) is 31.9 Å². The Morgan fingerprint density at radius 1 is 1.07 bits per heavy atom. The van der Waals surface area contributed by atoms with Crippen LogP contribution < -0.4 is 0 Å². The Kier molecular flexibility index (Phi) is 3.51. The molecule has 0 aliphatic heterocycles. The van der Waals surface area contributed by atoms with E-state index in [1.807, 2.05) is 0 Å². The molecule has 0 saturated heterocycles. The van der Waals surface area contributed by atoms with Gasteiger partial charge in [-0.25, -0.2) is 9.59 Å². The molecule has 0 amide bonds. The molecule has 0 aromatic heterocycles. The standard InChI is InChI=1S/C9H6Br2O4/c1-3-6(8(12)13)4(10)2-5(11)7(3)9(14)15/h2H,1H3,(H,12,13)(H,14,15).